The topological polar surface area (TPSA) is 52.6 Å². The highest BCUT2D eigenvalue weighted by Crippen LogP contribution is 2.30. The SMILES string of the molecule is CCN(CC)CC(C)(C)c1ccc(N2CC(CNC(=O)c3cc4ccccc4s3)CC2=O)cc1. The molecule has 0 aliphatic carbocycles. The van der Waals surface area contributed by atoms with Crippen LogP contribution < -0.4 is 10.2 Å². The van der Waals surface area contributed by atoms with E-state index in [-0.39, 0.29) is 23.1 Å². The standard InChI is InChI=1S/C28H35N3O2S/c1-5-30(6-2)19-28(3,4)22-11-13-23(14-12-22)31-18-20(15-26(31)32)17-29-27(33)25-16-21-9-7-8-10-24(21)34-25/h7-14,16,20H,5-6,15,17-19H2,1-4H3,(H,29,33). The van der Waals surface area contributed by atoms with Gasteiger partial charge < -0.3 is 15.1 Å². The second-order valence-corrected chi connectivity index (χ2v) is 10.9. The Morgan fingerprint density at radius 3 is 2.50 bits per heavy atom. The summed E-state index contributed by atoms with van der Waals surface area (Å²) in [4.78, 5) is 30.4. The van der Waals surface area contributed by atoms with Gasteiger partial charge in [0.2, 0.25) is 5.91 Å². The van der Waals surface area contributed by atoms with Crippen LogP contribution in [0.15, 0.2) is 54.6 Å². The minimum atomic E-state index is -0.0631. The van der Waals surface area contributed by atoms with Crippen molar-refractivity contribution < 1.29 is 9.59 Å². The van der Waals surface area contributed by atoms with Gasteiger partial charge in [-0.05, 0) is 48.3 Å². The molecule has 0 spiro atoms. The number of likely N-dealkylation sites (N-methyl/N-ethyl adjacent to an activating group) is 1. The number of nitrogens with one attached hydrogen (secondary N) is 1. The number of hydrogen-bond donors (Lipinski definition) is 1. The molecule has 6 heteroatoms. The Hall–Kier alpha value is -2.70. The normalized spacial score (nSPS) is 16.6. The van der Waals surface area contributed by atoms with Crippen LogP contribution in [0.5, 0.6) is 0 Å². The number of thiophene rings is 1. The largest absolute Gasteiger partial charge is 0.351 e. The average molecular weight is 478 g/mol. The zero-order valence-corrected chi connectivity index (χ0v) is 21.5. The molecule has 180 valence electrons. The Bertz CT molecular complexity index is 1110. The summed E-state index contributed by atoms with van der Waals surface area (Å²) in [6.07, 6.45) is 0.460. The summed E-state index contributed by atoms with van der Waals surface area (Å²) in [5.74, 6) is 0.174. The first-order chi connectivity index (χ1) is 16.3. The number of rotatable bonds is 9. The molecule has 2 heterocycles. The number of amides is 2. The van der Waals surface area contributed by atoms with Crippen LogP contribution in [0.25, 0.3) is 10.1 Å². The minimum Gasteiger partial charge on any atom is -0.351 e. The minimum absolute atomic E-state index is 0.0407. The number of carbonyl (C=O) groups is 2. The Balaban J connectivity index is 1.35. The highest BCUT2D eigenvalue weighted by molar-refractivity contribution is 7.20. The number of nitrogens with zero attached hydrogens (tertiary/aromatic N) is 2. The van der Waals surface area contributed by atoms with Crippen LogP contribution in [0.3, 0.4) is 0 Å². The van der Waals surface area contributed by atoms with Crippen molar-refractivity contribution in [3.05, 3.63) is 65.0 Å². The lowest BCUT2D eigenvalue weighted by atomic mass is 9.84. The molecule has 1 aliphatic heterocycles. The molecular formula is C28H35N3O2S. The van der Waals surface area contributed by atoms with Gasteiger partial charge in [-0.25, -0.2) is 0 Å². The lowest BCUT2D eigenvalue weighted by Gasteiger charge is -2.32. The fraction of sp³-hybridized carbons (Fsp3) is 0.429. The number of carbonyl (C=O) groups excluding carboxylic acids is 2. The molecule has 1 aliphatic rings. The van der Waals surface area contributed by atoms with E-state index < -0.39 is 0 Å². The molecule has 1 aromatic heterocycles. The summed E-state index contributed by atoms with van der Waals surface area (Å²) >= 11 is 1.50. The van der Waals surface area contributed by atoms with E-state index in [1.54, 1.807) is 0 Å². The Morgan fingerprint density at radius 2 is 1.82 bits per heavy atom. The summed E-state index contributed by atoms with van der Waals surface area (Å²) in [6.45, 7) is 13.2. The number of hydrogen-bond acceptors (Lipinski definition) is 4. The average Bonchev–Trinajstić information content (AvgIpc) is 3.44. The molecule has 0 bridgehead atoms. The van der Waals surface area contributed by atoms with Gasteiger partial charge in [0, 0.05) is 47.8 Å². The van der Waals surface area contributed by atoms with E-state index in [0.717, 1.165) is 35.4 Å². The van der Waals surface area contributed by atoms with Gasteiger partial charge in [0.15, 0.2) is 0 Å². The Kier molecular flexibility index (Phi) is 7.39. The van der Waals surface area contributed by atoms with Crippen LogP contribution >= 0.6 is 11.3 Å². The van der Waals surface area contributed by atoms with Gasteiger partial charge in [-0.15, -0.1) is 11.3 Å². The van der Waals surface area contributed by atoms with Crippen molar-refractivity contribution >= 4 is 38.9 Å². The zero-order chi connectivity index (χ0) is 24.3. The monoisotopic (exact) mass is 477 g/mol. The van der Waals surface area contributed by atoms with E-state index in [4.69, 9.17) is 0 Å². The van der Waals surface area contributed by atoms with E-state index in [0.29, 0.717) is 24.4 Å². The second kappa shape index (κ2) is 10.3. The van der Waals surface area contributed by atoms with Crippen molar-refractivity contribution in [3.8, 4) is 0 Å². The van der Waals surface area contributed by atoms with Gasteiger partial charge in [0.25, 0.3) is 5.91 Å². The molecular weight excluding hydrogens is 442 g/mol. The lowest BCUT2D eigenvalue weighted by Crippen LogP contribution is -2.36. The predicted octanol–water partition coefficient (Wildman–Crippen LogP) is 5.30. The van der Waals surface area contributed by atoms with Crippen LogP contribution in [0, 0.1) is 5.92 Å². The fourth-order valence-corrected chi connectivity index (χ4v) is 5.75. The lowest BCUT2D eigenvalue weighted by molar-refractivity contribution is -0.117. The van der Waals surface area contributed by atoms with Crippen molar-refractivity contribution in [2.24, 2.45) is 5.92 Å². The van der Waals surface area contributed by atoms with Crippen LogP contribution in [0.4, 0.5) is 5.69 Å². The van der Waals surface area contributed by atoms with Gasteiger partial charge in [0.05, 0.1) is 4.88 Å². The number of benzene rings is 2. The molecule has 2 amide bonds. The predicted molar refractivity (Wildman–Crippen MR) is 142 cm³/mol. The van der Waals surface area contributed by atoms with Gasteiger partial charge in [-0.1, -0.05) is 58.0 Å². The summed E-state index contributed by atoms with van der Waals surface area (Å²) in [5, 5.41) is 4.13. The first kappa shape index (κ1) is 24.4. The third-order valence-electron chi connectivity index (χ3n) is 6.88. The number of anilines is 1. The Labute approximate surface area is 206 Å². The smallest absolute Gasteiger partial charge is 0.261 e. The third kappa shape index (κ3) is 5.34. The van der Waals surface area contributed by atoms with E-state index in [1.165, 1.54) is 16.9 Å². The van der Waals surface area contributed by atoms with Gasteiger partial charge >= 0.3 is 0 Å². The fourth-order valence-electron chi connectivity index (χ4n) is 4.78. The van der Waals surface area contributed by atoms with Crippen molar-refractivity contribution in [1.82, 2.24) is 10.2 Å². The molecule has 4 rings (SSSR count). The third-order valence-corrected chi connectivity index (χ3v) is 7.99. The van der Waals surface area contributed by atoms with E-state index in [2.05, 4.69) is 62.2 Å². The number of fused-ring (bicyclic) bond motifs is 1. The van der Waals surface area contributed by atoms with Crippen LogP contribution in [0.2, 0.25) is 0 Å². The van der Waals surface area contributed by atoms with E-state index >= 15 is 0 Å². The molecule has 34 heavy (non-hydrogen) atoms. The molecule has 2 aromatic carbocycles. The quantitative estimate of drug-likeness (QED) is 0.455. The molecule has 1 fully saturated rings. The van der Waals surface area contributed by atoms with Crippen molar-refractivity contribution in [2.45, 2.75) is 39.5 Å². The van der Waals surface area contributed by atoms with E-state index in [9.17, 15) is 9.59 Å². The summed E-state index contributed by atoms with van der Waals surface area (Å²) < 4.78 is 1.11. The molecule has 0 radical (unpaired) electrons. The van der Waals surface area contributed by atoms with Crippen LogP contribution in [-0.4, -0.2) is 49.4 Å². The van der Waals surface area contributed by atoms with Crippen molar-refractivity contribution in [2.75, 3.05) is 37.6 Å². The van der Waals surface area contributed by atoms with Gasteiger partial charge in [-0.3, -0.25) is 9.59 Å². The molecule has 1 atom stereocenters. The second-order valence-electron chi connectivity index (χ2n) is 9.83. The highest BCUT2D eigenvalue weighted by atomic mass is 32.1. The zero-order valence-electron chi connectivity index (χ0n) is 20.6. The summed E-state index contributed by atoms with van der Waals surface area (Å²) in [6, 6.07) is 18.4. The van der Waals surface area contributed by atoms with E-state index in [1.807, 2.05) is 35.2 Å². The van der Waals surface area contributed by atoms with Crippen LogP contribution in [-0.2, 0) is 10.2 Å². The van der Waals surface area contributed by atoms with Gasteiger partial charge in [-0.2, -0.15) is 0 Å². The molecule has 5 nitrogen and oxygen atoms in total. The Morgan fingerprint density at radius 1 is 1.12 bits per heavy atom. The molecule has 0 saturated carbocycles. The van der Waals surface area contributed by atoms with Gasteiger partial charge in [0.1, 0.15) is 0 Å². The molecule has 1 saturated heterocycles. The first-order valence-corrected chi connectivity index (χ1v) is 13.0. The highest BCUT2D eigenvalue weighted by Gasteiger charge is 2.31. The maximum atomic E-state index is 12.7. The summed E-state index contributed by atoms with van der Waals surface area (Å²) in [5.41, 5.74) is 2.26. The van der Waals surface area contributed by atoms with Crippen molar-refractivity contribution in [3.63, 3.8) is 0 Å². The first-order valence-electron chi connectivity index (χ1n) is 12.2. The maximum absolute atomic E-state index is 12.7. The molecule has 1 N–H and O–H groups in total. The molecule has 3 aromatic rings. The van der Waals surface area contributed by atoms with Crippen molar-refractivity contribution in [1.29, 1.82) is 0 Å². The maximum Gasteiger partial charge on any atom is 0.261 e. The molecule has 1 unspecified atom stereocenters. The summed E-state index contributed by atoms with van der Waals surface area (Å²) in [7, 11) is 0. The van der Waals surface area contributed by atoms with Crippen LogP contribution in [0.1, 0.15) is 49.4 Å².